The molecule has 0 saturated carbocycles. The predicted molar refractivity (Wildman–Crippen MR) is 131 cm³/mol. The van der Waals surface area contributed by atoms with E-state index in [1.54, 1.807) is 49.1 Å². The number of rotatable bonds is 7. The molecule has 3 N–H and O–H groups in total. The summed E-state index contributed by atoms with van der Waals surface area (Å²) in [5.41, 5.74) is 2.74. The largest absolute Gasteiger partial charge is 0.463 e. The van der Waals surface area contributed by atoms with Crippen LogP contribution in [0.5, 0.6) is 0 Å². The number of nitrogens with zero attached hydrogens (tertiary/aromatic N) is 1. The Morgan fingerprint density at radius 3 is 2.58 bits per heavy atom. The highest BCUT2D eigenvalue weighted by atomic mass is 79.9. The molecule has 33 heavy (non-hydrogen) atoms. The van der Waals surface area contributed by atoms with Crippen molar-refractivity contribution in [2.24, 2.45) is 0 Å². The molecule has 9 heteroatoms. The van der Waals surface area contributed by atoms with E-state index in [2.05, 4.69) is 31.9 Å². The van der Waals surface area contributed by atoms with Gasteiger partial charge in [0.2, 0.25) is 0 Å². The minimum Gasteiger partial charge on any atom is -0.463 e. The first-order chi connectivity index (χ1) is 15.8. The molecule has 0 fully saturated rings. The second-order valence-electron chi connectivity index (χ2n) is 7.44. The second-order valence-corrected chi connectivity index (χ2v) is 8.29. The Hall–Kier alpha value is -3.33. The standard InChI is InChI=1S/C24H27BrN4O4/c1-4-13-29-15(3)20(22(30)33-5-2)21(28-24(29)32)16-9-8-10-17(14-16)26-23(31)27-19-12-7-6-11-18(19)25/h6-12,14,21H,4-5,13H2,1-3H3,(H,28,32)(H2,26,27,31)/t21-/m1/s1. The van der Waals surface area contributed by atoms with Gasteiger partial charge in [-0.25, -0.2) is 14.4 Å². The Morgan fingerprint density at radius 2 is 1.88 bits per heavy atom. The van der Waals surface area contributed by atoms with Crippen LogP contribution in [0.1, 0.15) is 38.8 Å². The molecule has 0 aromatic heterocycles. The maximum atomic E-state index is 12.8. The molecule has 0 unspecified atom stereocenters. The summed E-state index contributed by atoms with van der Waals surface area (Å²) in [6, 6.07) is 12.9. The van der Waals surface area contributed by atoms with E-state index in [4.69, 9.17) is 4.74 Å². The van der Waals surface area contributed by atoms with Crippen molar-refractivity contribution in [2.75, 3.05) is 23.8 Å². The molecule has 3 rings (SSSR count). The number of amides is 4. The molecule has 0 spiro atoms. The number of hydrogen-bond donors (Lipinski definition) is 3. The third kappa shape index (κ3) is 5.73. The fourth-order valence-electron chi connectivity index (χ4n) is 3.64. The van der Waals surface area contributed by atoms with E-state index >= 15 is 0 Å². The Labute approximate surface area is 201 Å². The van der Waals surface area contributed by atoms with Crippen molar-refractivity contribution in [1.29, 1.82) is 0 Å². The molecule has 1 atom stereocenters. The maximum absolute atomic E-state index is 12.8. The Balaban J connectivity index is 1.87. The zero-order valence-corrected chi connectivity index (χ0v) is 20.4. The smallest absolute Gasteiger partial charge is 0.338 e. The molecule has 2 aromatic rings. The average molecular weight is 515 g/mol. The molecule has 0 aliphatic carbocycles. The molecular weight excluding hydrogens is 488 g/mol. The zero-order valence-electron chi connectivity index (χ0n) is 18.8. The molecule has 0 bridgehead atoms. The summed E-state index contributed by atoms with van der Waals surface area (Å²) in [6.07, 6.45) is 0.748. The van der Waals surface area contributed by atoms with Crippen LogP contribution in [0, 0.1) is 0 Å². The zero-order chi connectivity index (χ0) is 24.0. The number of carbonyl (C=O) groups is 3. The van der Waals surface area contributed by atoms with Crippen LogP contribution in [0.3, 0.4) is 0 Å². The van der Waals surface area contributed by atoms with Crippen molar-refractivity contribution in [1.82, 2.24) is 10.2 Å². The molecule has 0 radical (unpaired) electrons. The molecule has 8 nitrogen and oxygen atoms in total. The van der Waals surface area contributed by atoms with E-state index in [1.807, 2.05) is 25.1 Å². The van der Waals surface area contributed by atoms with Crippen molar-refractivity contribution in [2.45, 2.75) is 33.2 Å². The first-order valence-electron chi connectivity index (χ1n) is 10.7. The number of para-hydroxylation sites is 1. The maximum Gasteiger partial charge on any atom is 0.338 e. The van der Waals surface area contributed by atoms with E-state index in [1.165, 1.54) is 0 Å². The number of urea groups is 2. The van der Waals surface area contributed by atoms with Crippen molar-refractivity contribution in [3.8, 4) is 0 Å². The van der Waals surface area contributed by atoms with Crippen LogP contribution in [0.25, 0.3) is 0 Å². The lowest BCUT2D eigenvalue weighted by Gasteiger charge is -2.35. The third-order valence-electron chi connectivity index (χ3n) is 5.14. The lowest BCUT2D eigenvalue weighted by atomic mass is 9.94. The molecular formula is C24H27BrN4O4. The van der Waals surface area contributed by atoms with Gasteiger partial charge in [-0.3, -0.25) is 4.90 Å². The van der Waals surface area contributed by atoms with Gasteiger partial charge in [-0.1, -0.05) is 31.2 Å². The topological polar surface area (TPSA) is 99.8 Å². The van der Waals surface area contributed by atoms with Crippen molar-refractivity contribution in [3.63, 3.8) is 0 Å². The van der Waals surface area contributed by atoms with E-state index < -0.39 is 18.0 Å². The van der Waals surface area contributed by atoms with Crippen molar-refractivity contribution < 1.29 is 19.1 Å². The third-order valence-corrected chi connectivity index (χ3v) is 5.83. The number of benzene rings is 2. The number of anilines is 2. The molecule has 4 amide bonds. The van der Waals surface area contributed by atoms with Gasteiger partial charge < -0.3 is 20.7 Å². The quantitative estimate of drug-likeness (QED) is 0.430. The van der Waals surface area contributed by atoms with Crippen LogP contribution in [0.2, 0.25) is 0 Å². The summed E-state index contributed by atoms with van der Waals surface area (Å²) in [6.45, 7) is 6.17. The molecule has 0 saturated heterocycles. The number of hydrogen-bond acceptors (Lipinski definition) is 4. The van der Waals surface area contributed by atoms with Crippen LogP contribution in [-0.4, -0.2) is 36.1 Å². The lowest BCUT2D eigenvalue weighted by Crippen LogP contribution is -2.48. The molecule has 1 aliphatic rings. The number of nitrogens with one attached hydrogen (secondary N) is 3. The Kier molecular flexibility index (Phi) is 8.11. The molecule has 174 valence electrons. The van der Waals surface area contributed by atoms with Crippen LogP contribution in [-0.2, 0) is 9.53 Å². The van der Waals surface area contributed by atoms with E-state index in [9.17, 15) is 14.4 Å². The van der Waals surface area contributed by atoms with E-state index in [-0.39, 0.29) is 12.6 Å². The van der Waals surface area contributed by atoms with Gasteiger partial charge >= 0.3 is 18.0 Å². The first-order valence-corrected chi connectivity index (χ1v) is 11.5. The molecule has 1 aliphatic heterocycles. The summed E-state index contributed by atoms with van der Waals surface area (Å²) in [4.78, 5) is 39.6. The number of allylic oxidation sites excluding steroid dienone is 1. The van der Waals surface area contributed by atoms with Crippen molar-refractivity contribution in [3.05, 3.63) is 69.8 Å². The summed E-state index contributed by atoms with van der Waals surface area (Å²) < 4.78 is 6.04. The van der Waals surface area contributed by atoms with Gasteiger partial charge in [0.1, 0.15) is 0 Å². The number of ether oxygens (including phenoxy) is 1. The predicted octanol–water partition coefficient (Wildman–Crippen LogP) is 5.41. The van der Waals surface area contributed by atoms with Crippen molar-refractivity contribution >= 4 is 45.3 Å². The lowest BCUT2D eigenvalue weighted by molar-refractivity contribution is -0.139. The normalized spacial score (nSPS) is 15.7. The van der Waals surface area contributed by atoms with Gasteiger partial charge in [-0.15, -0.1) is 0 Å². The summed E-state index contributed by atoms with van der Waals surface area (Å²) >= 11 is 3.40. The van der Waals surface area contributed by atoms with Gasteiger partial charge in [-0.05, 0) is 66.0 Å². The van der Waals surface area contributed by atoms with E-state index in [0.717, 1.165) is 10.9 Å². The van der Waals surface area contributed by atoms with Crippen LogP contribution < -0.4 is 16.0 Å². The summed E-state index contributed by atoms with van der Waals surface area (Å²) in [5, 5.41) is 8.48. The minimum atomic E-state index is -0.697. The monoisotopic (exact) mass is 514 g/mol. The van der Waals surface area contributed by atoms with Gasteiger partial charge in [0.15, 0.2) is 0 Å². The van der Waals surface area contributed by atoms with Crippen LogP contribution >= 0.6 is 15.9 Å². The molecule has 1 heterocycles. The Bertz CT molecular complexity index is 1090. The van der Waals surface area contributed by atoms with Gasteiger partial charge in [0, 0.05) is 22.4 Å². The first kappa shape index (κ1) is 24.3. The SMILES string of the molecule is CCCN1C(=O)N[C@H](c2cccc(NC(=O)Nc3ccccc3Br)c2)C(C(=O)OCC)=C1C. The van der Waals surface area contributed by atoms with Crippen LogP contribution in [0.4, 0.5) is 21.0 Å². The fraction of sp³-hybridized carbons (Fsp3) is 0.292. The van der Waals surface area contributed by atoms with Crippen LogP contribution in [0.15, 0.2) is 64.3 Å². The number of esters is 1. The highest BCUT2D eigenvalue weighted by Crippen LogP contribution is 2.32. The fourth-order valence-corrected chi connectivity index (χ4v) is 4.02. The number of halogens is 1. The van der Waals surface area contributed by atoms with E-state index in [0.29, 0.717) is 34.8 Å². The second kappa shape index (κ2) is 11.0. The Morgan fingerprint density at radius 1 is 1.12 bits per heavy atom. The number of carbonyl (C=O) groups excluding carboxylic acids is 3. The molecule has 2 aromatic carbocycles. The highest BCUT2D eigenvalue weighted by Gasteiger charge is 2.36. The van der Waals surface area contributed by atoms with Gasteiger partial charge in [-0.2, -0.15) is 0 Å². The summed E-state index contributed by atoms with van der Waals surface area (Å²) in [7, 11) is 0. The summed E-state index contributed by atoms with van der Waals surface area (Å²) in [5.74, 6) is -0.480. The average Bonchev–Trinajstić information content (AvgIpc) is 2.78. The van der Waals surface area contributed by atoms with Gasteiger partial charge in [0.25, 0.3) is 0 Å². The minimum absolute atomic E-state index is 0.223. The van der Waals surface area contributed by atoms with Gasteiger partial charge in [0.05, 0.1) is 23.9 Å². The highest BCUT2D eigenvalue weighted by molar-refractivity contribution is 9.10.